The van der Waals surface area contributed by atoms with Crippen molar-refractivity contribution in [3.05, 3.63) is 0 Å². The zero-order chi connectivity index (χ0) is 18.1. The molecule has 2 saturated heterocycles. The number of hydrogen-bond acceptors (Lipinski definition) is 4. The van der Waals surface area contributed by atoms with Crippen LogP contribution in [0.4, 0.5) is 0 Å². The fourth-order valence-corrected chi connectivity index (χ4v) is 3.35. The fourth-order valence-electron chi connectivity index (χ4n) is 3.35. The molecule has 2 aliphatic rings. The molecule has 2 rings (SSSR count). The monoisotopic (exact) mass is 351 g/mol. The third-order valence-corrected chi connectivity index (χ3v) is 5.05. The Bertz CT molecular complexity index is 456. The highest BCUT2D eigenvalue weighted by Gasteiger charge is 2.25. The van der Waals surface area contributed by atoms with E-state index in [0.29, 0.717) is 32.4 Å². The van der Waals surface area contributed by atoms with Crippen molar-refractivity contribution < 1.29 is 9.59 Å². The molecule has 0 atom stereocenters. The lowest BCUT2D eigenvalue weighted by atomic mass is 9.99. The van der Waals surface area contributed by atoms with E-state index in [1.54, 1.807) is 7.05 Å². The Morgan fingerprint density at radius 2 is 1.72 bits per heavy atom. The zero-order valence-corrected chi connectivity index (χ0v) is 15.7. The van der Waals surface area contributed by atoms with Crippen molar-refractivity contribution in [1.82, 2.24) is 20.4 Å². The molecule has 2 aliphatic heterocycles. The number of hydrogen-bond donors (Lipinski definition) is 2. The standard InChI is InChI=1S/C18H33N5O2/c1-15-7-12-22(13-8-15)11-4-9-20-18(19-2)21-10-14-23-16(24)5-3-6-17(23)25/h15H,3-14H2,1-2H3,(H2,19,20,21). The van der Waals surface area contributed by atoms with Gasteiger partial charge in [-0.1, -0.05) is 6.92 Å². The van der Waals surface area contributed by atoms with Gasteiger partial charge in [-0.3, -0.25) is 19.5 Å². The first-order chi connectivity index (χ1) is 12.1. The van der Waals surface area contributed by atoms with E-state index in [9.17, 15) is 9.59 Å². The first kappa shape index (κ1) is 19.7. The number of nitrogens with one attached hydrogen (secondary N) is 2. The molecule has 2 heterocycles. The van der Waals surface area contributed by atoms with Crippen molar-refractivity contribution in [3.63, 3.8) is 0 Å². The highest BCUT2D eigenvalue weighted by molar-refractivity contribution is 5.97. The Kier molecular flexibility index (Phi) is 8.18. The minimum atomic E-state index is -0.0585. The minimum absolute atomic E-state index is 0.0585. The smallest absolute Gasteiger partial charge is 0.229 e. The summed E-state index contributed by atoms with van der Waals surface area (Å²) in [5.41, 5.74) is 0. The summed E-state index contributed by atoms with van der Waals surface area (Å²) >= 11 is 0. The van der Waals surface area contributed by atoms with Crippen molar-refractivity contribution in [2.75, 3.05) is 46.3 Å². The molecule has 0 aromatic rings. The Morgan fingerprint density at radius 3 is 2.36 bits per heavy atom. The van der Waals surface area contributed by atoms with Gasteiger partial charge in [0.25, 0.3) is 0 Å². The quantitative estimate of drug-likeness (QED) is 0.307. The molecule has 0 aliphatic carbocycles. The second-order valence-electron chi connectivity index (χ2n) is 7.10. The summed E-state index contributed by atoms with van der Waals surface area (Å²) in [6.07, 6.45) is 5.34. The van der Waals surface area contributed by atoms with Crippen LogP contribution in [0.15, 0.2) is 4.99 Å². The number of aliphatic imine (C=N–C) groups is 1. The minimum Gasteiger partial charge on any atom is -0.356 e. The second kappa shape index (κ2) is 10.4. The molecule has 2 amide bonds. The zero-order valence-electron chi connectivity index (χ0n) is 15.7. The second-order valence-corrected chi connectivity index (χ2v) is 7.10. The van der Waals surface area contributed by atoms with Crippen LogP contribution in [0.25, 0.3) is 0 Å². The van der Waals surface area contributed by atoms with Crippen molar-refractivity contribution in [3.8, 4) is 0 Å². The Morgan fingerprint density at radius 1 is 1.08 bits per heavy atom. The van der Waals surface area contributed by atoms with E-state index in [0.717, 1.165) is 31.4 Å². The van der Waals surface area contributed by atoms with Gasteiger partial charge in [-0.2, -0.15) is 0 Å². The van der Waals surface area contributed by atoms with E-state index in [1.807, 2.05) is 0 Å². The molecule has 2 N–H and O–H groups in total. The summed E-state index contributed by atoms with van der Waals surface area (Å²) in [7, 11) is 1.73. The summed E-state index contributed by atoms with van der Waals surface area (Å²) < 4.78 is 0. The lowest BCUT2D eigenvalue weighted by molar-refractivity contribution is -0.147. The van der Waals surface area contributed by atoms with Crippen LogP contribution in [0.2, 0.25) is 0 Å². The first-order valence-corrected chi connectivity index (χ1v) is 9.60. The number of imide groups is 1. The van der Waals surface area contributed by atoms with Crippen LogP contribution in [-0.4, -0.2) is 73.9 Å². The highest BCUT2D eigenvalue weighted by atomic mass is 16.2. The molecule has 0 saturated carbocycles. The van der Waals surface area contributed by atoms with E-state index in [4.69, 9.17) is 0 Å². The Balaban J connectivity index is 1.57. The predicted molar refractivity (Wildman–Crippen MR) is 99.4 cm³/mol. The topological polar surface area (TPSA) is 77.0 Å². The number of rotatable bonds is 7. The van der Waals surface area contributed by atoms with Crippen molar-refractivity contribution >= 4 is 17.8 Å². The molecular formula is C18H33N5O2. The third-order valence-electron chi connectivity index (χ3n) is 5.05. The summed E-state index contributed by atoms with van der Waals surface area (Å²) in [5, 5.41) is 6.48. The normalized spacial score (nSPS) is 20.9. The highest BCUT2D eigenvalue weighted by Crippen LogP contribution is 2.15. The molecule has 0 unspecified atom stereocenters. The Hall–Kier alpha value is -1.63. The number of amides is 2. The Labute approximate surface area is 151 Å². The molecule has 0 bridgehead atoms. The predicted octanol–water partition coefficient (Wildman–Crippen LogP) is 0.813. The molecular weight excluding hydrogens is 318 g/mol. The van der Waals surface area contributed by atoms with Gasteiger partial charge >= 0.3 is 0 Å². The summed E-state index contributed by atoms with van der Waals surface area (Å²) in [6.45, 7) is 7.68. The molecule has 25 heavy (non-hydrogen) atoms. The van der Waals surface area contributed by atoms with E-state index < -0.39 is 0 Å². The summed E-state index contributed by atoms with van der Waals surface area (Å²) in [5.74, 6) is 1.48. The van der Waals surface area contributed by atoms with Gasteiger partial charge in [0.05, 0.1) is 0 Å². The van der Waals surface area contributed by atoms with Crippen LogP contribution < -0.4 is 10.6 Å². The van der Waals surface area contributed by atoms with Gasteiger partial charge in [-0.15, -0.1) is 0 Å². The molecule has 142 valence electrons. The largest absolute Gasteiger partial charge is 0.356 e. The van der Waals surface area contributed by atoms with Gasteiger partial charge in [-0.05, 0) is 51.2 Å². The van der Waals surface area contributed by atoms with Gasteiger partial charge in [0, 0.05) is 39.5 Å². The molecule has 0 radical (unpaired) electrons. The average Bonchev–Trinajstić information content (AvgIpc) is 2.61. The molecule has 2 fully saturated rings. The average molecular weight is 351 g/mol. The molecule has 0 spiro atoms. The lowest BCUT2D eigenvalue weighted by Gasteiger charge is -2.30. The van der Waals surface area contributed by atoms with Crippen LogP contribution in [0.5, 0.6) is 0 Å². The van der Waals surface area contributed by atoms with E-state index in [1.165, 1.54) is 30.8 Å². The SMILES string of the molecule is CN=C(NCCCN1CCC(C)CC1)NCCN1C(=O)CCCC1=O. The van der Waals surface area contributed by atoms with Crippen LogP contribution in [0.3, 0.4) is 0 Å². The maximum Gasteiger partial charge on any atom is 0.229 e. The molecule has 0 aromatic carbocycles. The first-order valence-electron chi connectivity index (χ1n) is 9.60. The van der Waals surface area contributed by atoms with Crippen LogP contribution in [0, 0.1) is 5.92 Å². The van der Waals surface area contributed by atoms with Crippen LogP contribution in [0.1, 0.15) is 45.4 Å². The maximum absolute atomic E-state index is 11.8. The summed E-state index contributed by atoms with van der Waals surface area (Å²) in [4.78, 5) is 31.6. The molecule has 7 nitrogen and oxygen atoms in total. The molecule has 0 aromatic heterocycles. The number of carbonyl (C=O) groups excluding carboxylic acids is 2. The number of likely N-dealkylation sites (tertiary alicyclic amines) is 2. The number of piperidine rings is 2. The van der Waals surface area contributed by atoms with Gasteiger partial charge in [0.2, 0.25) is 11.8 Å². The number of carbonyl (C=O) groups is 2. The van der Waals surface area contributed by atoms with Crippen molar-refractivity contribution in [2.24, 2.45) is 10.9 Å². The third kappa shape index (κ3) is 6.65. The van der Waals surface area contributed by atoms with Gasteiger partial charge in [0.1, 0.15) is 0 Å². The van der Waals surface area contributed by atoms with Gasteiger partial charge in [-0.25, -0.2) is 0 Å². The van der Waals surface area contributed by atoms with Crippen LogP contribution in [-0.2, 0) is 9.59 Å². The van der Waals surface area contributed by atoms with E-state index >= 15 is 0 Å². The fraction of sp³-hybridized carbons (Fsp3) is 0.833. The van der Waals surface area contributed by atoms with Crippen molar-refractivity contribution in [1.29, 1.82) is 0 Å². The number of guanidine groups is 1. The van der Waals surface area contributed by atoms with E-state index in [2.05, 4.69) is 27.4 Å². The maximum atomic E-state index is 11.8. The lowest BCUT2D eigenvalue weighted by Crippen LogP contribution is -2.46. The van der Waals surface area contributed by atoms with Crippen LogP contribution >= 0.6 is 0 Å². The summed E-state index contributed by atoms with van der Waals surface area (Å²) in [6, 6.07) is 0. The number of nitrogens with zero attached hydrogens (tertiary/aromatic N) is 3. The van der Waals surface area contributed by atoms with Gasteiger partial charge in [0.15, 0.2) is 5.96 Å². The van der Waals surface area contributed by atoms with Gasteiger partial charge < -0.3 is 15.5 Å². The van der Waals surface area contributed by atoms with E-state index in [-0.39, 0.29) is 11.8 Å². The molecule has 7 heteroatoms. The van der Waals surface area contributed by atoms with Crippen molar-refractivity contribution in [2.45, 2.75) is 45.4 Å².